The molecule has 110 valence electrons. The monoisotopic (exact) mass is 277 g/mol. The van der Waals surface area contributed by atoms with Crippen LogP contribution in [0.4, 0.5) is 5.69 Å². The van der Waals surface area contributed by atoms with Crippen molar-refractivity contribution in [1.82, 2.24) is 15.3 Å². The summed E-state index contributed by atoms with van der Waals surface area (Å²) in [5.74, 6) is 6.74. The first-order chi connectivity index (χ1) is 9.51. The molecule has 0 bridgehead atoms. The second kappa shape index (κ2) is 6.17. The van der Waals surface area contributed by atoms with Crippen molar-refractivity contribution in [3.8, 4) is 0 Å². The van der Waals surface area contributed by atoms with Crippen molar-refractivity contribution in [2.75, 3.05) is 5.43 Å². The van der Waals surface area contributed by atoms with Gasteiger partial charge < -0.3 is 10.7 Å². The summed E-state index contributed by atoms with van der Waals surface area (Å²) in [6, 6.07) is 0.237. The van der Waals surface area contributed by atoms with Crippen molar-refractivity contribution >= 4 is 11.6 Å². The zero-order valence-corrected chi connectivity index (χ0v) is 12.3. The van der Waals surface area contributed by atoms with E-state index in [1.165, 1.54) is 0 Å². The average molecular weight is 277 g/mol. The number of carbonyl (C=O) groups is 1. The fourth-order valence-electron chi connectivity index (χ4n) is 2.54. The molecule has 0 radical (unpaired) electrons. The number of aromatic nitrogens is 2. The molecule has 4 N–H and O–H groups in total. The third-order valence-corrected chi connectivity index (χ3v) is 3.72. The predicted molar refractivity (Wildman–Crippen MR) is 78.2 cm³/mol. The molecule has 1 aliphatic rings. The first kappa shape index (κ1) is 14.7. The Morgan fingerprint density at radius 1 is 1.45 bits per heavy atom. The van der Waals surface area contributed by atoms with E-state index in [0.717, 1.165) is 19.3 Å². The van der Waals surface area contributed by atoms with E-state index >= 15 is 0 Å². The highest BCUT2D eigenvalue weighted by molar-refractivity contribution is 5.97. The number of nitrogen functional groups attached to an aromatic ring is 1. The summed E-state index contributed by atoms with van der Waals surface area (Å²) in [5.41, 5.74) is 3.27. The number of nitrogens with two attached hydrogens (primary N) is 1. The van der Waals surface area contributed by atoms with Crippen molar-refractivity contribution in [3.63, 3.8) is 0 Å². The lowest BCUT2D eigenvalue weighted by atomic mass is 10.1. The topological polar surface area (TPSA) is 92.9 Å². The van der Waals surface area contributed by atoms with Crippen LogP contribution in [0.3, 0.4) is 0 Å². The Bertz CT molecular complexity index is 488. The molecule has 2 atom stereocenters. The normalized spacial score (nSPS) is 22.1. The van der Waals surface area contributed by atoms with E-state index in [1.807, 2.05) is 13.8 Å². The molecule has 1 heterocycles. The van der Waals surface area contributed by atoms with Crippen molar-refractivity contribution in [1.29, 1.82) is 0 Å². The van der Waals surface area contributed by atoms with Crippen molar-refractivity contribution < 1.29 is 4.79 Å². The molecule has 0 aliphatic heterocycles. The Morgan fingerprint density at radius 3 is 2.75 bits per heavy atom. The zero-order valence-electron chi connectivity index (χ0n) is 12.3. The molecule has 1 aromatic heterocycles. The van der Waals surface area contributed by atoms with Gasteiger partial charge in [0.15, 0.2) is 5.69 Å². The van der Waals surface area contributed by atoms with Crippen LogP contribution in [-0.4, -0.2) is 21.9 Å². The van der Waals surface area contributed by atoms with Crippen LogP contribution in [0.15, 0.2) is 6.20 Å². The second-order valence-electron chi connectivity index (χ2n) is 5.88. The largest absolute Gasteiger partial charge is 0.348 e. The SMILES string of the molecule is CC1CCC(NC(=O)c2nc(C(C)C)ncc2NN)C1. The first-order valence-corrected chi connectivity index (χ1v) is 7.15. The van der Waals surface area contributed by atoms with Gasteiger partial charge in [-0.1, -0.05) is 20.8 Å². The third kappa shape index (κ3) is 3.25. The van der Waals surface area contributed by atoms with E-state index in [1.54, 1.807) is 6.20 Å². The predicted octanol–water partition coefficient (Wildman–Crippen LogP) is 1.80. The Balaban J connectivity index is 2.17. The average Bonchev–Trinajstić information content (AvgIpc) is 2.83. The van der Waals surface area contributed by atoms with E-state index in [-0.39, 0.29) is 17.9 Å². The lowest BCUT2D eigenvalue weighted by Crippen LogP contribution is -2.34. The molecule has 6 nitrogen and oxygen atoms in total. The van der Waals surface area contributed by atoms with Crippen LogP contribution in [0.25, 0.3) is 0 Å². The molecular formula is C14H23N5O. The van der Waals surface area contributed by atoms with Gasteiger partial charge in [-0.2, -0.15) is 0 Å². The van der Waals surface area contributed by atoms with Gasteiger partial charge in [0, 0.05) is 12.0 Å². The maximum Gasteiger partial charge on any atom is 0.272 e. The van der Waals surface area contributed by atoms with E-state index in [9.17, 15) is 4.79 Å². The standard InChI is InChI=1S/C14H23N5O/c1-8(2)13-16-7-11(19-15)12(18-13)14(20)17-10-5-4-9(3)6-10/h7-10,19H,4-6,15H2,1-3H3,(H,17,20). The Hall–Kier alpha value is -1.69. The second-order valence-corrected chi connectivity index (χ2v) is 5.88. The van der Waals surface area contributed by atoms with Gasteiger partial charge >= 0.3 is 0 Å². The number of anilines is 1. The van der Waals surface area contributed by atoms with Gasteiger partial charge in [0.1, 0.15) is 5.82 Å². The quantitative estimate of drug-likeness (QED) is 0.576. The molecule has 1 fully saturated rings. The first-order valence-electron chi connectivity index (χ1n) is 7.15. The molecule has 2 unspecified atom stereocenters. The summed E-state index contributed by atoms with van der Waals surface area (Å²) >= 11 is 0. The van der Waals surface area contributed by atoms with Gasteiger partial charge in [-0.25, -0.2) is 9.97 Å². The fraction of sp³-hybridized carbons (Fsp3) is 0.643. The summed E-state index contributed by atoms with van der Waals surface area (Å²) < 4.78 is 0. The molecule has 1 amide bonds. The van der Waals surface area contributed by atoms with E-state index in [2.05, 4.69) is 27.6 Å². The number of rotatable bonds is 4. The highest BCUT2D eigenvalue weighted by atomic mass is 16.2. The lowest BCUT2D eigenvalue weighted by molar-refractivity contribution is 0.0932. The van der Waals surface area contributed by atoms with Gasteiger partial charge in [-0.05, 0) is 25.2 Å². The Labute approximate surface area is 119 Å². The van der Waals surface area contributed by atoms with Gasteiger partial charge in [-0.15, -0.1) is 0 Å². The minimum atomic E-state index is -0.179. The van der Waals surface area contributed by atoms with Crippen LogP contribution in [-0.2, 0) is 0 Å². The van der Waals surface area contributed by atoms with Crippen molar-refractivity contribution in [2.45, 2.75) is 52.0 Å². The highest BCUT2D eigenvalue weighted by Crippen LogP contribution is 2.25. The minimum Gasteiger partial charge on any atom is -0.348 e. The van der Waals surface area contributed by atoms with Gasteiger partial charge in [0.05, 0.1) is 11.9 Å². The molecule has 1 aliphatic carbocycles. The molecule has 1 saturated carbocycles. The number of hydrogen-bond donors (Lipinski definition) is 3. The number of hydrogen-bond acceptors (Lipinski definition) is 5. The molecule has 0 aromatic carbocycles. The number of amides is 1. The summed E-state index contributed by atoms with van der Waals surface area (Å²) in [6.07, 6.45) is 4.78. The number of nitrogens with one attached hydrogen (secondary N) is 2. The number of hydrazine groups is 1. The van der Waals surface area contributed by atoms with Crippen molar-refractivity contribution in [3.05, 3.63) is 17.7 Å². The maximum atomic E-state index is 12.4. The van der Waals surface area contributed by atoms with Crippen LogP contribution in [0, 0.1) is 5.92 Å². The lowest BCUT2D eigenvalue weighted by Gasteiger charge is -2.15. The van der Waals surface area contributed by atoms with Crippen LogP contribution in [0.5, 0.6) is 0 Å². The molecule has 0 spiro atoms. The smallest absolute Gasteiger partial charge is 0.272 e. The maximum absolute atomic E-state index is 12.4. The Morgan fingerprint density at radius 2 is 2.20 bits per heavy atom. The van der Waals surface area contributed by atoms with Gasteiger partial charge in [0.25, 0.3) is 5.91 Å². The van der Waals surface area contributed by atoms with Crippen molar-refractivity contribution in [2.24, 2.45) is 11.8 Å². The van der Waals surface area contributed by atoms with Crippen LogP contribution in [0.2, 0.25) is 0 Å². The van der Waals surface area contributed by atoms with Crippen LogP contribution >= 0.6 is 0 Å². The molecule has 6 heteroatoms. The fourth-order valence-corrected chi connectivity index (χ4v) is 2.54. The minimum absolute atomic E-state index is 0.167. The third-order valence-electron chi connectivity index (χ3n) is 3.72. The van der Waals surface area contributed by atoms with E-state index in [0.29, 0.717) is 23.1 Å². The number of nitrogens with zero attached hydrogens (tertiary/aromatic N) is 2. The number of carbonyl (C=O) groups excluding carboxylic acids is 1. The zero-order chi connectivity index (χ0) is 14.7. The molecule has 20 heavy (non-hydrogen) atoms. The van der Waals surface area contributed by atoms with Crippen LogP contribution < -0.4 is 16.6 Å². The van der Waals surface area contributed by atoms with E-state index < -0.39 is 0 Å². The summed E-state index contributed by atoms with van der Waals surface area (Å²) in [6.45, 7) is 6.19. The summed E-state index contributed by atoms with van der Waals surface area (Å²) in [7, 11) is 0. The summed E-state index contributed by atoms with van der Waals surface area (Å²) in [4.78, 5) is 20.9. The molecule has 1 aromatic rings. The van der Waals surface area contributed by atoms with Crippen LogP contribution in [0.1, 0.15) is 62.3 Å². The molecular weight excluding hydrogens is 254 g/mol. The summed E-state index contributed by atoms with van der Waals surface area (Å²) in [5, 5.41) is 3.04. The molecule has 2 rings (SSSR count). The molecule has 0 saturated heterocycles. The van der Waals surface area contributed by atoms with Gasteiger partial charge in [0.2, 0.25) is 0 Å². The van der Waals surface area contributed by atoms with Gasteiger partial charge in [-0.3, -0.25) is 10.6 Å². The Kier molecular flexibility index (Phi) is 4.54. The highest BCUT2D eigenvalue weighted by Gasteiger charge is 2.25. The van der Waals surface area contributed by atoms with E-state index in [4.69, 9.17) is 5.84 Å².